The van der Waals surface area contributed by atoms with Crippen molar-refractivity contribution in [1.29, 1.82) is 5.26 Å². The molecule has 0 aliphatic heterocycles. The first-order chi connectivity index (χ1) is 15.9. The van der Waals surface area contributed by atoms with Gasteiger partial charge in [0.1, 0.15) is 11.3 Å². The summed E-state index contributed by atoms with van der Waals surface area (Å²) in [6.45, 7) is 5.73. The van der Waals surface area contributed by atoms with Crippen LogP contribution < -0.4 is 19.9 Å². The maximum Gasteiger partial charge on any atom is 0.341 e. The summed E-state index contributed by atoms with van der Waals surface area (Å²) in [6.07, 6.45) is 1.33. The monoisotopic (exact) mass is 447 g/mol. The summed E-state index contributed by atoms with van der Waals surface area (Å²) in [6, 6.07) is 10.6. The number of nitrogen functional groups attached to an aromatic ring is 1. The number of aromatic nitrogens is 1. The lowest BCUT2D eigenvalue weighted by Gasteiger charge is -2.20. The standard InChI is InChI=1S/C25H25N3O5/c1-6-32-25(29)17-13-28-24(33-19-10-8-16(12-26)11-20(19)31-5)22(23(17)27)21-14(2)7-9-18(30-4)15(21)3/h7-11,13H,6H2,1-5H3,(H2,27,28). The molecular weight excluding hydrogens is 422 g/mol. The van der Waals surface area contributed by atoms with Gasteiger partial charge < -0.3 is 24.7 Å². The number of carbonyl (C=O) groups excluding carboxylic acids is 1. The van der Waals surface area contributed by atoms with Crippen LogP contribution >= 0.6 is 0 Å². The van der Waals surface area contributed by atoms with Gasteiger partial charge >= 0.3 is 5.97 Å². The van der Waals surface area contributed by atoms with Gasteiger partial charge in [0.05, 0.1) is 43.7 Å². The number of ether oxygens (including phenoxy) is 4. The third kappa shape index (κ3) is 4.53. The number of methoxy groups -OCH3 is 2. The Labute approximate surface area is 192 Å². The number of pyridine rings is 1. The van der Waals surface area contributed by atoms with Crippen LogP contribution in [0.5, 0.6) is 23.1 Å². The van der Waals surface area contributed by atoms with Crippen molar-refractivity contribution < 1.29 is 23.7 Å². The fourth-order valence-electron chi connectivity index (χ4n) is 3.56. The molecule has 0 fully saturated rings. The number of esters is 1. The zero-order valence-corrected chi connectivity index (χ0v) is 19.2. The van der Waals surface area contributed by atoms with Crippen molar-refractivity contribution in [3.05, 3.63) is 58.8 Å². The second kappa shape index (κ2) is 9.92. The number of aryl methyl sites for hydroxylation is 1. The average Bonchev–Trinajstić information content (AvgIpc) is 2.81. The molecule has 0 bridgehead atoms. The number of benzene rings is 2. The smallest absolute Gasteiger partial charge is 0.341 e. The van der Waals surface area contributed by atoms with Crippen LogP contribution in [-0.2, 0) is 4.74 Å². The molecule has 0 unspecified atom stereocenters. The van der Waals surface area contributed by atoms with Gasteiger partial charge in [-0.05, 0) is 55.7 Å². The number of anilines is 1. The molecule has 0 amide bonds. The lowest BCUT2D eigenvalue weighted by atomic mass is 9.93. The Balaban J connectivity index is 2.28. The van der Waals surface area contributed by atoms with E-state index in [1.54, 1.807) is 32.2 Å². The lowest BCUT2D eigenvalue weighted by Crippen LogP contribution is -2.11. The number of hydrogen-bond donors (Lipinski definition) is 1. The molecule has 8 nitrogen and oxygen atoms in total. The third-order valence-corrected chi connectivity index (χ3v) is 5.17. The van der Waals surface area contributed by atoms with Crippen LogP contribution in [0, 0.1) is 25.2 Å². The summed E-state index contributed by atoms with van der Waals surface area (Å²) in [4.78, 5) is 16.9. The number of carbonyl (C=O) groups is 1. The Morgan fingerprint density at radius 3 is 2.39 bits per heavy atom. The first-order valence-electron chi connectivity index (χ1n) is 10.2. The van der Waals surface area contributed by atoms with E-state index in [2.05, 4.69) is 11.1 Å². The summed E-state index contributed by atoms with van der Waals surface area (Å²) in [7, 11) is 3.06. The van der Waals surface area contributed by atoms with Crippen molar-refractivity contribution in [1.82, 2.24) is 4.98 Å². The van der Waals surface area contributed by atoms with Gasteiger partial charge in [0.25, 0.3) is 0 Å². The topological polar surface area (TPSA) is 117 Å². The number of hydrogen-bond acceptors (Lipinski definition) is 8. The molecular formula is C25H25N3O5. The Kier molecular flexibility index (Phi) is 7.04. The minimum absolute atomic E-state index is 0.132. The van der Waals surface area contributed by atoms with Crippen molar-refractivity contribution >= 4 is 11.7 Å². The van der Waals surface area contributed by atoms with Crippen LogP contribution in [0.1, 0.15) is 34.0 Å². The van der Waals surface area contributed by atoms with E-state index < -0.39 is 5.97 Å². The molecule has 0 saturated carbocycles. The first kappa shape index (κ1) is 23.4. The number of nitrogens with two attached hydrogens (primary N) is 1. The van der Waals surface area contributed by atoms with Crippen molar-refractivity contribution in [3.63, 3.8) is 0 Å². The first-order valence-corrected chi connectivity index (χ1v) is 10.2. The maximum atomic E-state index is 12.5. The van der Waals surface area contributed by atoms with Gasteiger partial charge in [-0.25, -0.2) is 9.78 Å². The summed E-state index contributed by atoms with van der Waals surface area (Å²) in [5.41, 5.74) is 10.1. The zero-order chi connectivity index (χ0) is 24.1. The molecule has 1 heterocycles. The highest BCUT2D eigenvalue weighted by molar-refractivity contribution is 6.01. The number of nitriles is 1. The predicted molar refractivity (Wildman–Crippen MR) is 124 cm³/mol. The highest BCUT2D eigenvalue weighted by Gasteiger charge is 2.25. The molecule has 170 valence electrons. The number of rotatable bonds is 7. The Morgan fingerprint density at radius 2 is 1.76 bits per heavy atom. The van der Waals surface area contributed by atoms with E-state index in [1.807, 2.05) is 26.0 Å². The molecule has 3 rings (SSSR count). The van der Waals surface area contributed by atoms with Crippen LogP contribution in [0.4, 0.5) is 5.69 Å². The summed E-state index contributed by atoms with van der Waals surface area (Å²) >= 11 is 0. The van der Waals surface area contributed by atoms with E-state index in [0.717, 1.165) is 16.7 Å². The van der Waals surface area contributed by atoms with Crippen molar-refractivity contribution in [2.24, 2.45) is 0 Å². The van der Waals surface area contributed by atoms with E-state index in [9.17, 15) is 10.1 Å². The Bertz CT molecular complexity index is 1250. The van der Waals surface area contributed by atoms with Gasteiger partial charge in [0.2, 0.25) is 5.88 Å². The van der Waals surface area contributed by atoms with Crippen molar-refractivity contribution in [3.8, 4) is 40.3 Å². The Morgan fingerprint density at radius 1 is 1.06 bits per heavy atom. The minimum Gasteiger partial charge on any atom is -0.496 e. The van der Waals surface area contributed by atoms with E-state index in [4.69, 9.17) is 24.7 Å². The summed E-state index contributed by atoms with van der Waals surface area (Å²) in [5, 5.41) is 9.17. The summed E-state index contributed by atoms with van der Waals surface area (Å²) < 4.78 is 22.2. The molecule has 2 aromatic carbocycles. The molecule has 0 spiro atoms. The van der Waals surface area contributed by atoms with Gasteiger partial charge in [0, 0.05) is 12.3 Å². The normalized spacial score (nSPS) is 10.3. The van der Waals surface area contributed by atoms with Crippen LogP contribution in [0.25, 0.3) is 11.1 Å². The second-order valence-corrected chi connectivity index (χ2v) is 7.15. The summed E-state index contributed by atoms with van der Waals surface area (Å²) in [5.74, 6) is 0.937. The minimum atomic E-state index is -0.579. The molecule has 0 atom stereocenters. The van der Waals surface area contributed by atoms with E-state index >= 15 is 0 Å². The SMILES string of the molecule is CCOC(=O)c1cnc(Oc2ccc(C#N)cc2OC)c(-c2c(C)ccc(OC)c2C)c1N. The number of nitrogens with zero attached hydrogens (tertiary/aromatic N) is 2. The van der Waals surface area contributed by atoms with Crippen LogP contribution in [-0.4, -0.2) is 31.8 Å². The molecule has 2 N–H and O–H groups in total. The third-order valence-electron chi connectivity index (χ3n) is 5.17. The van der Waals surface area contributed by atoms with Gasteiger partial charge in [-0.3, -0.25) is 0 Å². The van der Waals surface area contributed by atoms with E-state index in [1.165, 1.54) is 13.3 Å². The molecule has 0 aliphatic rings. The van der Waals surface area contributed by atoms with E-state index in [0.29, 0.717) is 28.4 Å². The lowest BCUT2D eigenvalue weighted by molar-refractivity contribution is 0.0527. The zero-order valence-electron chi connectivity index (χ0n) is 19.2. The quantitative estimate of drug-likeness (QED) is 0.513. The van der Waals surface area contributed by atoms with Crippen LogP contribution in [0.2, 0.25) is 0 Å². The fraction of sp³-hybridized carbons (Fsp3) is 0.240. The van der Waals surface area contributed by atoms with Gasteiger partial charge in [-0.2, -0.15) is 5.26 Å². The van der Waals surface area contributed by atoms with Gasteiger partial charge in [-0.15, -0.1) is 0 Å². The highest BCUT2D eigenvalue weighted by atomic mass is 16.5. The molecule has 0 radical (unpaired) electrons. The molecule has 8 heteroatoms. The largest absolute Gasteiger partial charge is 0.496 e. The van der Waals surface area contributed by atoms with Crippen molar-refractivity contribution in [2.45, 2.75) is 20.8 Å². The van der Waals surface area contributed by atoms with Gasteiger partial charge in [-0.1, -0.05) is 6.07 Å². The van der Waals surface area contributed by atoms with Gasteiger partial charge in [0.15, 0.2) is 11.5 Å². The molecule has 0 aliphatic carbocycles. The second-order valence-electron chi connectivity index (χ2n) is 7.15. The maximum absolute atomic E-state index is 12.5. The Hall–Kier alpha value is -4.25. The molecule has 0 saturated heterocycles. The van der Waals surface area contributed by atoms with Crippen molar-refractivity contribution in [2.75, 3.05) is 26.6 Å². The van der Waals surface area contributed by atoms with Crippen LogP contribution in [0.15, 0.2) is 36.5 Å². The van der Waals surface area contributed by atoms with E-state index in [-0.39, 0.29) is 23.7 Å². The molecule has 1 aromatic heterocycles. The van der Waals surface area contributed by atoms with Crippen LogP contribution in [0.3, 0.4) is 0 Å². The molecule has 3 aromatic rings. The molecule has 33 heavy (non-hydrogen) atoms. The average molecular weight is 447 g/mol. The predicted octanol–water partition coefficient (Wildman–Crippen LogP) is 4.81. The highest BCUT2D eigenvalue weighted by Crippen LogP contribution is 2.44. The fourth-order valence-corrected chi connectivity index (χ4v) is 3.56.